The van der Waals surface area contributed by atoms with Crippen LogP contribution in [-0.2, 0) is 11.2 Å². The molecule has 0 radical (unpaired) electrons. The zero-order chi connectivity index (χ0) is 13.9. The van der Waals surface area contributed by atoms with Gasteiger partial charge in [0.05, 0.1) is 6.42 Å². The van der Waals surface area contributed by atoms with Gasteiger partial charge in [0.2, 0.25) is 5.91 Å². The first-order chi connectivity index (χ1) is 9.70. The number of nitrogens with one attached hydrogen (secondary N) is 2. The highest BCUT2D eigenvalue weighted by Gasteiger charge is 2.05. The fourth-order valence-electron chi connectivity index (χ4n) is 2.17. The van der Waals surface area contributed by atoms with Crippen molar-refractivity contribution >= 4 is 34.1 Å². The Balaban J connectivity index is 1.72. The first-order valence-electron chi connectivity index (χ1n) is 6.32. The maximum absolute atomic E-state index is 12.0. The second-order valence-corrected chi connectivity index (χ2v) is 5.07. The number of benzene rings is 2. The van der Waals surface area contributed by atoms with Crippen molar-refractivity contribution in [2.24, 2.45) is 0 Å². The molecule has 0 aliphatic heterocycles. The van der Waals surface area contributed by atoms with E-state index in [1.807, 2.05) is 42.6 Å². The number of rotatable bonds is 3. The monoisotopic (exact) mass is 284 g/mol. The van der Waals surface area contributed by atoms with Gasteiger partial charge >= 0.3 is 0 Å². The molecule has 0 saturated heterocycles. The molecule has 0 aliphatic rings. The van der Waals surface area contributed by atoms with Crippen molar-refractivity contribution in [3.63, 3.8) is 0 Å². The lowest BCUT2D eigenvalue weighted by Gasteiger charge is -2.06. The molecule has 4 heteroatoms. The fourth-order valence-corrected chi connectivity index (χ4v) is 2.36. The van der Waals surface area contributed by atoms with Crippen molar-refractivity contribution in [2.75, 3.05) is 5.32 Å². The first kappa shape index (κ1) is 12.8. The van der Waals surface area contributed by atoms with Gasteiger partial charge in [-0.2, -0.15) is 0 Å². The molecular weight excluding hydrogens is 272 g/mol. The number of aromatic nitrogens is 1. The van der Waals surface area contributed by atoms with Crippen LogP contribution in [0.25, 0.3) is 10.9 Å². The van der Waals surface area contributed by atoms with Crippen LogP contribution in [0.1, 0.15) is 5.56 Å². The van der Waals surface area contributed by atoms with E-state index in [2.05, 4.69) is 10.3 Å². The summed E-state index contributed by atoms with van der Waals surface area (Å²) in [4.78, 5) is 15.1. The van der Waals surface area contributed by atoms with Gasteiger partial charge in [-0.05, 0) is 47.3 Å². The van der Waals surface area contributed by atoms with Crippen LogP contribution in [0.2, 0.25) is 5.02 Å². The minimum Gasteiger partial charge on any atom is -0.361 e. The van der Waals surface area contributed by atoms with Gasteiger partial charge in [0, 0.05) is 22.4 Å². The fraction of sp³-hybridized carbons (Fsp3) is 0.0625. The van der Waals surface area contributed by atoms with Crippen molar-refractivity contribution in [3.8, 4) is 0 Å². The van der Waals surface area contributed by atoms with Gasteiger partial charge in [0.25, 0.3) is 0 Å². The van der Waals surface area contributed by atoms with Crippen molar-refractivity contribution in [1.82, 2.24) is 4.98 Å². The number of amides is 1. The van der Waals surface area contributed by atoms with Gasteiger partial charge in [0.1, 0.15) is 0 Å². The van der Waals surface area contributed by atoms with Gasteiger partial charge in [-0.3, -0.25) is 4.79 Å². The largest absolute Gasteiger partial charge is 0.361 e. The number of halogens is 1. The highest BCUT2D eigenvalue weighted by molar-refractivity contribution is 6.30. The molecule has 3 aromatic rings. The maximum atomic E-state index is 12.0. The lowest BCUT2D eigenvalue weighted by molar-refractivity contribution is -0.115. The van der Waals surface area contributed by atoms with E-state index in [0.29, 0.717) is 17.1 Å². The summed E-state index contributed by atoms with van der Waals surface area (Å²) in [5, 5.41) is 4.56. The van der Waals surface area contributed by atoms with Crippen molar-refractivity contribution in [1.29, 1.82) is 0 Å². The summed E-state index contributed by atoms with van der Waals surface area (Å²) in [7, 11) is 0. The van der Waals surface area contributed by atoms with Gasteiger partial charge in [-0.1, -0.05) is 23.7 Å². The molecule has 1 heterocycles. The average molecular weight is 285 g/mol. The summed E-state index contributed by atoms with van der Waals surface area (Å²) in [6.07, 6.45) is 2.23. The normalized spacial score (nSPS) is 10.7. The minimum atomic E-state index is -0.0536. The van der Waals surface area contributed by atoms with Crippen LogP contribution < -0.4 is 5.32 Å². The number of H-pyrrole nitrogens is 1. The molecule has 2 aromatic carbocycles. The summed E-state index contributed by atoms with van der Waals surface area (Å²) in [5.74, 6) is -0.0536. The third-order valence-electron chi connectivity index (χ3n) is 3.09. The smallest absolute Gasteiger partial charge is 0.228 e. The highest BCUT2D eigenvalue weighted by Crippen LogP contribution is 2.17. The summed E-state index contributed by atoms with van der Waals surface area (Å²) in [5.41, 5.74) is 2.77. The molecule has 1 amide bonds. The summed E-state index contributed by atoms with van der Waals surface area (Å²) in [6, 6.07) is 15.1. The van der Waals surface area contributed by atoms with E-state index in [0.717, 1.165) is 16.5 Å². The summed E-state index contributed by atoms with van der Waals surface area (Å²) in [6.45, 7) is 0. The molecule has 0 spiro atoms. The Morgan fingerprint density at radius 2 is 2.05 bits per heavy atom. The minimum absolute atomic E-state index is 0.0536. The number of carbonyl (C=O) groups is 1. The van der Waals surface area contributed by atoms with Gasteiger partial charge in [-0.15, -0.1) is 0 Å². The Hall–Kier alpha value is -2.26. The Morgan fingerprint density at radius 1 is 1.15 bits per heavy atom. The van der Waals surface area contributed by atoms with Crippen LogP contribution in [0.3, 0.4) is 0 Å². The standard InChI is InChI=1S/C16H13ClN2O/c17-13-2-1-3-14(10-13)19-16(20)9-11-4-5-15-12(8-11)6-7-18-15/h1-8,10,18H,9H2,(H,19,20). The third kappa shape index (κ3) is 2.83. The molecule has 3 rings (SSSR count). The third-order valence-corrected chi connectivity index (χ3v) is 3.33. The van der Waals surface area contributed by atoms with Crippen LogP contribution >= 0.6 is 11.6 Å². The van der Waals surface area contributed by atoms with Crippen LogP contribution in [0, 0.1) is 0 Å². The molecule has 0 fully saturated rings. The highest BCUT2D eigenvalue weighted by atomic mass is 35.5. The Morgan fingerprint density at radius 3 is 2.90 bits per heavy atom. The van der Waals surface area contributed by atoms with E-state index in [9.17, 15) is 4.79 Å². The van der Waals surface area contributed by atoms with Gasteiger partial charge < -0.3 is 10.3 Å². The molecule has 0 saturated carbocycles. The number of anilines is 1. The summed E-state index contributed by atoms with van der Waals surface area (Å²) >= 11 is 5.89. The van der Waals surface area contributed by atoms with E-state index in [4.69, 9.17) is 11.6 Å². The molecule has 1 aromatic heterocycles. The topological polar surface area (TPSA) is 44.9 Å². The van der Waals surface area contributed by atoms with E-state index in [1.165, 1.54) is 0 Å². The van der Waals surface area contributed by atoms with Gasteiger partial charge in [0.15, 0.2) is 0 Å². The first-order valence-corrected chi connectivity index (χ1v) is 6.70. The number of aromatic amines is 1. The molecule has 2 N–H and O–H groups in total. The predicted octanol–water partition coefficient (Wildman–Crippen LogP) is 4.00. The SMILES string of the molecule is O=C(Cc1ccc2[nH]ccc2c1)Nc1cccc(Cl)c1. The maximum Gasteiger partial charge on any atom is 0.228 e. The second-order valence-electron chi connectivity index (χ2n) is 4.63. The van der Waals surface area contributed by atoms with Crippen molar-refractivity contribution in [2.45, 2.75) is 6.42 Å². The molecule has 0 atom stereocenters. The Kier molecular flexibility index (Phi) is 3.44. The Bertz CT molecular complexity index is 764. The van der Waals surface area contributed by atoms with Crippen LogP contribution in [-0.4, -0.2) is 10.9 Å². The number of hydrogen-bond acceptors (Lipinski definition) is 1. The Labute approximate surface area is 121 Å². The zero-order valence-corrected chi connectivity index (χ0v) is 11.4. The molecule has 100 valence electrons. The van der Waals surface area contributed by atoms with E-state index < -0.39 is 0 Å². The van der Waals surface area contributed by atoms with Gasteiger partial charge in [-0.25, -0.2) is 0 Å². The molecule has 3 nitrogen and oxygen atoms in total. The van der Waals surface area contributed by atoms with Crippen LogP contribution in [0.4, 0.5) is 5.69 Å². The second kappa shape index (κ2) is 5.39. The summed E-state index contributed by atoms with van der Waals surface area (Å²) < 4.78 is 0. The zero-order valence-electron chi connectivity index (χ0n) is 10.7. The van der Waals surface area contributed by atoms with Crippen molar-refractivity contribution in [3.05, 3.63) is 65.3 Å². The molecule has 20 heavy (non-hydrogen) atoms. The molecule has 0 bridgehead atoms. The average Bonchev–Trinajstić information content (AvgIpc) is 2.86. The number of hydrogen-bond donors (Lipinski definition) is 2. The number of fused-ring (bicyclic) bond motifs is 1. The van der Waals surface area contributed by atoms with Crippen LogP contribution in [0.5, 0.6) is 0 Å². The molecular formula is C16H13ClN2O. The molecule has 0 unspecified atom stereocenters. The van der Waals surface area contributed by atoms with Crippen LogP contribution in [0.15, 0.2) is 54.7 Å². The number of carbonyl (C=O) groups excluding carboxylic acids is 1. The van der Waals surface area contributed by atoms with E-state index >= 15 is 0 Å². The lowest BCUT2D eigenvalue weighted by Crippen LogP contribution is -2.14. The predicted molar refractivity (Wildman–Crippen MR) is 82.1 cm³/mol. The lowest BCUT2D eigenvalue weighted by atomic mass is 10.1. The van der Waals surface area contributed by atoms with Crippen molar-refractivity contribution < 1.29 is 4.79 Å². The quantitative estimate of drug-likeness (QED) is 0.750. The van der Waals surface area contributed by atoms with E-state index in [-0.39, 0.29) is 5.91 Å². The molecule has 0 aliphatic carbocycles. The van der Waals surface area contributed by atoms with E-state index in [1.54, 1.807) is 12.1 Å².